The number of hydrogen-bond acceptors (Lipinski definition) is 5. The summed E-state index contributed by atoms with van der Waals surface area (Å²) < 4.78 is 194. The fraction of sp³-hybridized carbons (Fsp3) is 0.278. The minimum absolute atomic E-state index is 0.175. The SMILES string of the molecule is [C-]#[N+]c1cc(F)cc(Oc2ccc3c4c2[C@@H](F)[C@H](F)[C@]4(O)C(F)(F)C3(F)F)c1.[C-]#[N+]c1cc(F)cc(Oc2ccc3c4c2[C@H](O)[C@H](F)[C@]4(O)C(F)(F)C3(F)F)c1. The molecular formula is C36H17F13N2O5. The van der Waals surface area contributed by atoms with Gasteiger partial charge in [0, 0.05) is 45.5 Å². The van der Waals surface area contributed by atoms with Crippen molar-refractivity contribution < 1.29 is 81.9 Å². The Hall–Kier alpha value is -5.57. The van der Waals surface area contributed by atoms with Crippen molar-refractivity contribution >= 4 is 11.4 Å². The average molecular weight is 805 g/mol. The second kappa shape index (κ2) is 12.0. The highest BCUT2D eigenvalue weighted by Crippen LogP contribution is 2.70. The molecule has 0 aliphatic heterocycles. The summed E-state index contributed by atoms with van der Waals surface area (Å²) in [6.07, 6.45) is -11.8. The van der Waals surface area contributed by atoms with Gasteiger partial charge in [0.1, 0.15) is 40.7 Å². The number of halogens is 13. The summed E-state index contributed by atoms with van der Waals surface area (Å²) >= 11 is 0. The van der Waals surface area contributed by atoms with Crippen molar-refractivity contribution in [3.8, 4) is 23.0 Å². The van der Waals surface area contributed by atoms with Crippen LogP contribution in [0.4, 0.5) is 68.5 Å². The van der Waals surface area contributed by atoms with E-state index in [0.29, 0.717) is 18.2 Å². The van der Waals surface area contributed by atoms with Crippen LogP contribution in [0.3, 0.4) is 0 Å². The van der Waals surface area contributed by atoms with E-state index in [2.05, 4.69) is 9.69 Å². The van der Waals surface area contributed by atoms with Gasteiger partial charge in [0.15, 0.2) is 41.1 Å². The molecule has 4 aliphatic rings. The van der Waals surface area contributed by atoms with Crippen molar-refractivity contribution in [1.29, 1.82) is 0 Å². The van der Waals surface area contributed by atoms with Crippen molar-refractivity contribution in [2.24, 2.45) is 0 Å². The maximum Gasteiger partial charge on any atom is 0.349 e. The van der Waals surface area contributed by atoms with Gasteiger partial charge in [-0.15, -0.1) is 0 Å². The van der Waals surface area contributed by atoms with Crippen molar-refractivity contribution in [3.05, 3.63) is 129 Å². The van der Waals surface area contributed by atoms with Crippen LogP contribution in [0.25, 0.3) is 9.69 Å². The van der Waals surface area contributed by atoms with Crippen LogP contribution in [0.1, 0.15) is 45.7 Å². The molecule has 7 nitrogen and oxygen atoms in total. The van der Waals surface area contributed by atoms with Gasteiger partial charge in [-0.3, -0.25) is 0 Å². The maximum absolute atomic E-state index is 14.5. The second-order valence-electron chi connectivity index (χ2n) is 13.0. The van der Waals surface area contributed by atoms with Gasteiger partial charge in [0.2, 0.25) is 0 Å². The Kier molecular flexibility index (Phi) is 8.27. The van der Waals surface area contributed by atoms with Crippen LogP contribution >= 0.6 is 0 Å². The molecule has 6 atom stereocenters. The highest BCUT2D eigenvalue weighted by molar-refractivity contribution is 5.64. The molecule has 0 unspecified atom stereocenters. The molecule has 0 amide bonds. The summed E-state index contributed by atoms with van der Waals surface area (Å²) in [4.78, 5) is 5.98. The van der Waals surface area contributed by atoms with Gasteiger partial charge in [0.05, 0.1) is 13.1 Å². The Balaban J connectivity index is 0.000000172. The number of aliphatic hydroxyl groups is 3. The van der Waals surface area contributed by atoms with Crippen LogP contribution in [0.15, 0.2) is 60.7 Å². The number of ether oxygens (including phenoxy) is 2. The number of aliphatic hydroxyl groups excluding tert-OH is 1. The van der Waals surface area contributed by atoms with Crippen molar-refractivity contribution in [2.75, 3.05) is 0 Å². The van der Waals surface area contributed by atoms with E-state index in [1.54, 1.807) is 0 Å². The van der Waals surface area contributed by atoms with E-state index in [9.17, 15) is 72.4 Å². The molecule has 0 saturated heterocycles. The fourth-order valence-electron chi connectivity index (χ4n) is 7.37. The van der Waals surface area contributed by atoms with E-state index in [-0.39, 0.29) is 22.9 Å². The van der Waals surface area contributed by atoms with Crippen molar-refractivity contribution in [3.63, 3.8) is 0 Å². The van der Waals surface area contributed by atoms with Crippen LogP contribution in [-0.4, -0.2) is 39.5 Å². The third kappa shape index (κ3) is 4.69. The van der Waals surface area contributed by atoms with Gasteiger partial charge in [-0.2, -0.15) is 35.1 Å². The summed E-state index contributed by atoms with van der Waals surface area (Å²) in [5, 5.41) is 30.4. The third-order valence-electron chi connectivity index (χ3n) is 9.93. The molecule has 4 aromatic rings. The molecule has 0 saturated carbocycles. The zero-order chi connectivity index (χ0) is 41.3. The smallest absolute Gasteiger partial charge is 0.349 e. The zero-order valence-corrected chi connectivity index (χ0v) is 27.0. The molecule has 3 N–H and O–H groups in total. The Morgan fingerprint density at radius 3 is 1.39 bits per heavy atom. The molecule has 0 heterocycles. The lowest BCUT2D eigenvalue weighted by molar-refractivity contribution is -0.304. The minimum atomic E-state index is -5.30. The maximum atomic E-state index is 14.5. The molecule has 292 valence electrons. The Bertz CT molecular complexity index is 2270. The van der Waals surface area contributed by atoms with Gasteiger partial charge < -0.3 is 24.8 Å². The van der Waals surface area contributed by atoms with Gasteiger partial charge in [-0.05, 0) is 48.5 Å². The average Bonchev–Trinajstić information content (AvgIpc) is 3.57. The molecule has 0 bridgehead atoms. The largest absolute Gasteiger partial charge is 0.458 e. The molecule has 0 radical (unpaired) electrons. The molecule has 4 aliphatic carbocycles. The van der Waals surface area contributed by atoms with Gasteiger partial charge >= 0.3 is 23.7 Å². The molecular weight excluding hydrogens is 787 g/mol. The highest BCUT2D eigenvalue weighted by atomic mass is 19.3. The molecule has 8 rings (SSSR count). The number of nitrogens with zero attached hydrogens (tertiary/aromatic N) is 2. The third-order valence-corrected chi connectivity index (χ3v) is 9.93. The second-order valence-corrected chi connectivity index (χ2v) is 13.0. The molecule has 4 aromatic carbocycles. The fourth-order valence-corrected chi connectivity index (χ4v) is 7.37. The predicted octanol–water partition coefficient (Wildman–Crippen LogP) is 9.94. The van der Waals surface area contributed by atoms with E-state index in [4.69, 9.17) is 22.6 Å². The summed E-state index contributed by atoms with van der Waals surface area (Å²) in [6.45, 7) is 13.8. The van der Waals surface area contributed by atoms with Crippen LogP contribution in [0.2, 0.25) is 0 Å². The quantitative estimate of drug-likeness (QED) is 0.141. The first-order chi connectivity index (χ1) is 25.9. The molecule has 20 heteroatoms. The zero-order valence-electron chi connectivity index (χ0n) is 27.0. The van der Waals surface area contributed by atoms with Crippen molar-refractivity contribution in [1.82, 2.24) is 0 Å². The van der Waals surface area contributed by atoms with Gasteiger partial charge in [-0.1, -0.05) is 0 Å². The number of alkyl halides is 11. The Morgan fingerprint density at radius 1 is 0.571 bits per heavy atom. The number of benzene rings is 4. The van der Waals surface area contributed by atoms with E-state index in [1.807, 2.05) is 0 Å². The van der Waals surface area contributed by atoms with Crippen molar-refractivity contribution in [2.45, 2.75) is 59.5 Å². The molecule has 56 heavy (non-hydrogen) atoms. The molecule has 0 fully saturated rings. The summed E-state index contributed by atoms with van der Waals surface area (Å²) in [5.74, 6) is -24.0. The first-order valence-electron chi connectivity index (χ1n) is 15.6. The predicted molar refractivity (Wildman–Crippen MR) is 162 cm³/mol. The molecule has 0 aromatic heterocycles. The standard InChI is InChI=1S/C18H8F7NO2.C18H9F6NO3/c1-26-8-4-7(19)5-9(6-8)28-11-3-2-10-13-12(11)14(20)15(21)16(13,27)18(24,25)17(10,22)23;1-25-8-4-7(19)5-9(6-8)28-11-3-2-10-13-12(11)14(26)15(20)16(13,27)18(23,24)17(10,21)22/h2-6,14-15,27H;2-6,14-15,26-27H/t14-,15+,16+;14-,15-,16-/m10/s1. The lowest BCUT2D eigenvalue weighted by Gasteiger charge is -2.32. The van der Waals surface area contributed by atoms with E-state index < -0.39 is 116 Å². The Labute approximate surface area is 304 Å². The van der Waals surface area contributed by atoms with Crippen LogP contribution < -0.4 is 9.47 Å². The lowest BCUT2D eigenvalue weighted by Crippen LogP contribution is -2.53. The summed E-state index contributed by atoms with van der Waals surface area (Å²) in [7, 11) is 0. The van der Waals surface area contributed by atoms with Gasteiger partial charge in [-0.25, -0.2) is 31.6 Å². The van der Waals surface area contributed by atoms with Gasteiger partial charge in [0.25, 0.3) is 0 Å². The van der Waals surface area contributed by atoms with Crippen LogP contribution in [0, 0.1) is 24.8 Å². The highest BCUT2D eigenvalue weighted by Gasteiger charge is 2.84. The van der Waals surface area contributed by atoms with E-state index >= 15 is 0 Å². The first-order valence-corrected chi connectivity index (χ1v) is 15.6. The number of rotatable bonds is 4. The molecule has 0 spiro atoms. The van der Waals surface area contributed by atoms with Crippen LogP contribution in [-0.2, 0) is 23.0 Å². The Morgan fingerprint density at radius 2 is 0.964 bits per heavy atom. The van der Waals surface area contributed by atoms with Crippen LogP contribution in [0.5, 0.6) is 23.0 Å². The lowest BCUT2D eigenvalue weighted by atomic mass is 9.93. The minimum Gasteiger partial charge on any atom is -0.458 e. The summed E-state index contributed by atoms with van der Waals surface area (Å²) in [6, 6.07) is 7.92. The first kappa shape index (κ1) is 38.7. The number of hydrogen-bond donors (Lipinski definition) is 3. The van der Waals surface area contributed by atoms with E-state index in [0.717, 1.165) is 42.5 Å². The van der Waals surface area contributed by atoms with E-state index in [1.165, 1.54) is 0 Å². The normalized spacial score (nSPS) is 28.7. The summed E-state index contributed by atoms with van der Waals surface area (Å²) in [5.41, 5.74) is -15.4. The topological polar surface area (TPSA) is 87.9 Å². The monoisotopic (exact) mass is 804 g/mol.